The van der Waals surface area contributed by atoms with Gasteiger partial charge in [-0.05, 0) is 36.4 Å². The Bertz CT molecular complexity index is 956. The number of carboxylic acids is 1. The van der Waals surface area contributed by atoms with Gasteiger partial charge in [-0.2, -0.15) is 0 Å². The predicted molar refractivity (Wildman–Crippen MR) is 105 cm³/mol. The molecule has 0 heterocycles. The molecule has 0 aliphatic rings. The van der Waals surface area contributed by atoms with Crippen LogP contribution in [0.25, 0.3) is 0 Å². The summed E-state index contributed by atoms with van der Waals surface area (Å²) in [5.74, 6) is -0.311. The Labute approximate surface area is 162 Å². The summed E-state index contributed by atoms with van der Waals surface area (Å²) in [5.41, 5.74) is 0.551. The Balaban J connectivity index is 1.57. The highest BCUT2D eigenvalue weighted by Crippen LogP contribution is 2.19. The minimum Gasteiger partial charge on any atom is -0.490 e. The van der Waals surface area contributed by atoms with E-state index in [0.717, 1.165) is 5.75 Å². The van der Waals surface area contributed by atoms with Crippen molar-refractivity contribution in [3.05, 3.63) is 90.0 Å². The van der Waals surface area contributed by atoms with Crippen molar-refractivity contribution >= 4 is 17.6 Å². The number of carboxylic acid groups (broad SMARTS) is 1. The molecule has 2 N–H and O–H groups in total. The molecule has 0 fully saturated rings. The van der Waals surface area contributed by atoms with E-state index >= 15 is 0 Å². The fraction of sp³-hybridized carbons (Fsp3) is 0.0909. The first-order valence-corrected chi connectivity index (χ1v) is 8.68. The maximum Gasteiger partial charge on any atom is 0.336 e. The molecule has 3 aromatic carbocycles. The van der Waals surface area contributed by atoms with Crippen molar-refractivity contribution in [2.24, 2.45) is 0 Å². The predicted octanol–water partition coefficient (Wildman–Crippen LogP) is 4.09. The topological polar surface area (TPSA) is 84.9 Å². The molecule has 0 spiro atoms. The van der Waals surface area contributed by atoms with Crippen molar-refractivity contribution in [2.45, 2.75) is 0 Å². The zero-order chi connectivity index (χ0) is 19.8. The lowest BCUT2D eigenvalue weighted by atomic mass is 10.1. The second-order valence-corrected chi connectivity index (χ2v) is 5.84. The van der Waals surface area contributed by atoms with Crippen LogP contribution >= 0.6 is 0 Å². The number of carbonyl (C=O) groups excluding carboxylic acids is 1. The molecule has 28 heavy (non-hydrogen) atoms. The fourth-order valence-electron chi connectivity index (χ4n) is 2.57. The average molecular weight is 377 g/mol. The standard InChI is InChI=1S/C22H19NO5/c24-21(19-11-4-5-12-20(19)22(25)26)23-16-7-6-10-18(15-16)28-14-13-27-17-8-2-1-3-9-17/h1-12,15H,13-14H2,(H,23,24)(H,25,26). The number of rotatable bonds is 8. The maximum atomic E-state index is 12.4. The lowest BCUT2D eigenvalue weighted by molar-refractivity contribution is 0.0692. The zero-order valence-corrected chi connectivity index (χ0v) is 15.0. The van der Waals surface area contributed by atoms with E-state index in [1.54, 1.807) is 36.4 Å². The number of carbonyl (C=O) groups is 2. The number of hydrogen-bond acceptors (Lipinski definition) is 4. The van der Waals surface area contributed by atoms with Crippen LogP contribution < -0.4 is 14.8 Å². The van der Waals surface area contributed by atoms with Gasteiger partial charge in [0.2, 0.25) is 0 Å². The molecule has 0 bridgehead atoms. The molecule has 0 radical (unpaired) electrons. The van der Waals surface area contributed by atoms with Crippen LogP contribution in [0.15, 0.2) is 78.9 Å². The van der Waals surface area contributed by atoms with Gasteiger partial charge in [0.25, 0.3) is 5.91 Å². The van der Waals surface area contributed by atoms with Gasteiger partial charge in [0.1, 0.15) is 24.7 Å². The molecule has 6 heteroatoms. The van der Waals surface area contributed by atoms with Gasteiger partial charge < -0.3 is 19.9 Å². The molecular weight excluding hydrogens is 358 g/mol. The van der Waals surface area contributed by atoms with Crippen molar-refractivity contribution in [1.29, 1.82) is 0 Å². The Morgan fingerprint density at radius 1 is 0.750 bits per heavy atom. The molecule has 142 valence electrons. The number of para-hydroxylation sites is 1. The van der Waals surface area contributed by atoms with Crippen LogP contribution in [-0.4, -0.2) is 30.2 Å². The average Bonchev–Trinajstić information content (AvgIpc) is 2.72. The number of hydrogen-bond donors (Lipinski definition) is 2. The summed E-state index contributed by atoms with van der Waals surface area (Å²) in [4.78, 5) is 23.7. The number of nitrogens with one attached hydrogen (secondary N) is 1. The number of amides is 1. The smallest absolute Gasteiger partial charge is 0.336 e. The summed E-state index contributed by atoms with van der Waals surface area (Å²) in [6.07, 6.45) is 0. The van der Waals surface area contributed by atoms with E-state index in [2.05, 4.69) is 5.32 Å². The lowest BCUT2D eigenvalue weighted by Crippen LogP contribution is -2.16. The highest BCUT2D eigenvalue weighted by atomic mass is 16.5. The Morgan fingerprint density at radius 3 is 2.07 bits per heavy atom. The molecule has 0 aliphatic heterocycles. The van der Waals surface area contributed by atoms with E-state index < -0.39 is 11.9 Å². The monoisotopic (exact) mass is 377 g/mol. The molecule has 3 rings (SSSR count). The van der Waals surface area contributed by atoms with Crippen LogP contribution in [-0.2, 0) is 0 Å². The third-order valence-corrected chi connectivity index (χ3v) is 3.86. The Morgan fingerprint density at radius 2 is 1.36 bits per heavy atom. The molecule has 6 nitrogen and oxygen atoms in total. The van der Waals surface area contributed by atoms with Crippen LogP contribution in [0, 0.1) is 0 Å². The van der Waals surface area contributed by atoms with Crippen LogP contribution in [0.5, 0.6) is 11.5 Å². The first kappa shape index (κ1) is 19.0. The normalized spacial score (nSPS) is 10.1. The van der Waals surface area contributed by atoms with Gasteiger partial charge in [0.15, 0.2) is 0 Å². The Kier molecular flexibility index (Phi) is 6.25. The van der Waals surface area contributed by atoms with Crippen LogP contribution in [0.4, 0.5) is 5.69 Å². The molecule has 0 aromatic heterocycles. The largest absolute Gasteiger partial charge is 0.490 e. The first-order chi connectivity index (χ1) is 13.6. The minimum absolute atomic E-state index is 0.0505. The third kappa shape index (κ3) is 5.11. The van der Waals surface area contributed by atoms with E-state index in [1.165, 1.54) is 12.1 Å². The van der Waals surface area contributed by atoms with Gasteiger partial charge in [-0.1, -0.05) is 36.4 Å². The molecule has 0 saturated heterocycles. The van der Waals surface area contributed by atoms with Crippen molar-refractivity contribution in [2.75, 3.05) is 18.5 Å². The quantitative estimate of drug-likeness (QED) is 0.578. The summed E-state index contributed by atoms with van der Waals surface area (Å²) < 4.78 is 11.2. The molecule has 0 atom stereocenters. The van der Waals surface area contributed by atoms with Crippen molar-refractivity contribution in [3.8, 4) is 11.5 Å². The summed E-state index contributed by atoms with van der Waals surface area (Å²) in [5, 5.41) is 11.9. The highest BCUT2D eigenvalue weighted by molar-refractivity contribution is 6.10. The van der Waals surface area contributed by atoms with Gasteiger partial charge in [-0.15, -0.1) is 0 Å². The van der Waals surface area contributed by atoms with Gasteiger partial charge >= 0.3 is 5.97 Å². The van der Waals surface area contributed by atoms with Gasteiger partial charge in [0, 0.05) is 11.8 Å². The molecule has 0 aliphatic carbocycles. The fourth-order valence-corrected chi connectivity index (χ4v) is 2.57. The summed E-state index contributed by atoms with van der Waals surface area (Å²) in [6.45, 7) is 0.723. The zero-order valence-electron chi connectivity index (χ0n) is 15.0. The molecule has 1 amide bonds. The molecular formula is C22H19NO5. The number of anilines is 1. The molecule has 0 unspecified atom stereocenters. The number of benzene rings is 3. The van der Waals surface area contributed by atoms with Crippen molar-refractivity contribution in [1.82, 2.24) is 0 Å². The Hall–Kier alpha value is -3.80. The number of aromatic carboxylic acids is 1. The van der Waals surface area contributed by atoms with E-state index in [1.807, 2.05) is 30.3 Å². The molecule has 0 saturated carbocycles. The molecule has 3 aromatic rings. The van der Waals surface area contributed by atoms with Crippen LogP contribution in [0.1, 0.15) is 20.7 Å². The van der Waals surface area contributed by atoms with Gasteiger partial charge in [0.05, 0.1) is 11.1 Å². The SMILES string of the molecule is O=C(O)c1ccccc1C(=O)Nc1cccc(OCCOc2ccccc2)c1. The van der Waals surface area contributed by atoms with E-state index in [9.17, 15) is 14.7 Å². The summed E-state index contributed by atoms with van der Waals surface area (Å²) in [6, 6.07) is 22.4. The van der Waals surface area contributed by atoms with Crippen molar-refractivity contribution in [3.63, 3.8) is 0 Å². The van der Waals surface area contributed by atoms with E-state index in [4.69, 9.17) is 9.47 Å². The maximum absolute atomic E-state index is 12.4. The third-order valence-electron chi connectivity index (χ3n) is 3.86. The summed E-state index contributed by atoms with van der Waals surface area (Å²) >= 11 is 0. The van der Waals surface area contributed by atoms with Crippen LogP contribution in [0.3, 0.4) is 0 Å². The lowest BCUT2D eigenvalue weighted by Gasteiger charge is -2.11. The van der Waals surface area contributed by atoms with Gasteiger partial charge in [-0.3, -0.25) is 4.79 Å². The minimum atomic E-state index is -1.15. The first-order valence-electron chi connectivity index (χ1n) is 8.68. The second kappa shape index (κ2) is 9.23. The van der Waals surface area contributed by atoms with Crippen LogP contribution in [0.2, 0.25) is 0 Å². The second-order valence-electron chi connectivity index (χ2n) is 5.84. The van der Waals surface area contributed by atoms with E-state index in [-0.39, 0.29) is 11.1 Å². The van der Waals surface area contributed by atoms with E-state index in [0.29, 0.717) is 24.7 Å². The summed E-state index contributed by atoms with van der Waals surface area (Å²) in [7, 11) is 0. The highest BCUT2D eigenvalue weighted by Gasteiger charge is 2.15. The number of ether oxygens (including phenoxy) is 2. The van der Waals surface area contributed by atoms with Gasteiger partial charge in [-0.25, -0.2) is 4.79 Å². The van der Waals surface area contributed by atoms with Crippen molar-refractivity contribution < 1.29 is 24.2 Å².